The predicted molar refractivity (Wildman–Crippen MR) is 70.0 cm³/mol. The molecule has 2 rings (SSSR count). The summed E-state index contributed by atoms with van der Waals surface area (Å²) in [5.41, 5.74) is 8.25. The fraction of sp³-hybridized carbons (Fsp3) is 0.500. The molecular weight excluding hydrogens is 212 g/mol. The van der Waals surface area contributed by atoms with Crippen LogP contribution in [0, 0.1) is 0 Å². The number of nitrogens with two attached hydrogens (primary N) is 1. The van der Waals surface area contributed by atoms with Gasteiger partial charge in [-0.2, -0.15) is 0 Å². The molecule has 0 aliphatic carbocycles. The van der Waals surface area contributed by atoms with E-state index in [-0.39, 0.29) is 11.9 Å². The Morgan fingerprint density at radius 1 is 1.47 bits per heavy atom. The first-order valence-corrected chi connectivity index (χ1v) is 6.39. The molecular formula is C14H20N2O. The van der Waals surface area contributed by atoms with Crippen molar-refractivity contribution in [2.75, 3.05) is 11.4 Å². The van der Waals surface area contributed by atoms with Crippen LogP contribution in [-0.2, 0) is 11.2 Å². The van der Waals surface area contributed by atoms with Gasteiger partial charge < -0.3 is 10.6 Å². The van der Waals surface area contributed by atoms with Crippen molar-refractivity contribution < 1.29 is 4.79 Å². The van der Waals surface area contributed by atoms with E-state index in [1.807, 2.05) is 23.1 Å². The molecule has 1 aromatic rings. The smallest absolute Gasteiger partial charge is 0.243 e. The molecule has 17 heavy (non-hydrogen) atoms. The highest BCUT2D eigenvalue weighted by Gasteiger charge is 2.27. The fourth-order valence-corrected chi connectivity index (χ4v) is 2.31. The van der Waals surface area contributed by atoms with Crippen LogP contribution in [0.15, 0.2) is 24.3 Å². The Morgan fingerprint density at radius 2 is 2.24 bits per heavy atom. The maximum absolute atomic E-state index is 12.2. The predicted octanol–water partition coefficient (Wildman–Crippen LogP) is 2.09. The lowest BCUT2D eigenvalue weighted by atomic mass is 10.1. The van der Waals surface area contributed by atoms with Gasteiger partial charge >= 0.3 is 0 Å². The van der Waals surface area contributed by atoms with Crippen LogP contribution in [0.4, 0.5) is 5.69 Å². The molecule has 3 nitrogen and oxygen atoms in total. The molecule has 1 atom stereocenters. The Kier molecular flexibility index (Phi) is 3.79. The molecule has 0 aromatic heterocycles. The van der Waals surface area contributed by atoms with Gasteiger partial charge in [-0.1, -0.05) is 38.0 Å². The van der Waals surface area contributed by atoms with Crippen molar-refractivity contribution in [3.8, 4) is 0 Å². The third kappa shape index (κ3) is 2.50. The van der Waals surface area contributed by atoms with Crippen molar-refractivity contribution in [3.05, 3.63) is 29.8 Å². The molecule has 0 fully saturated rings. The molecule has 1 heterocycles. The summed E-state index contributed by atoms with van der Waals surface area (Å²) in [5, 5.41) is 0. The zero-order valence-corrected chi connectivity index (χ0v) is 10.4. The van der Waals surface area contributed by atoms with Gasteiger partial charge in [0, 0.05) is 12.2 Å². The van der Waals surface area contributed by atoms with Crippen LogP contribution < -0.4 is 10.6 Å². The Labute approximate surface area is 103 Å². The molecule has 2 N–H and O–H groups in total. The number of hydrogen-bond donors (Lipinski definition) is 1. The van der Waals surface area contributed by atoms with Gasteiger partial charge in [-0.15, -0.1) is 0 Å². The topological polar surface area (TPSA) is 46.3 Å². The van der Waals surface area contributed by atoms with E-state index < -0.39 is 0 Å². The third-order valence-electron chi connectivity index (χ3n) is 3.34. The first-order chi connectivity index (χ1) is 8.24. The highest BCUT2D eigenvalue weighted by atomic mass is 16.2. The van der Waals surface area contributed by atoms with E-state index in [0.29, 0.717) is 0 Å². The molecule has 1 aromatic carbocycles. The SMILES string of the molecule is CCCC[C@H](N)C(=O)N1CCc2ccccc21. The average molecular weight is 232 g/mol. The van der Waals surface area contributed by atoms with Crippen LogP contribution >= 0.6 is 0 Å². The largest absolute Gasteiger partial charge is 0.320 e. The van der Waals surface area contributed by atoms with Crippen molar-refractivity contribution in [2.24, 2.45) is 5.73 Å². The maximum atomic E-state index is 12.2. The molecule has 1 aliphatic heterocycles. The van der Waals surface area contributed by atoms with Crippen molar-refractivity contribution in [1.29, 1.82) is 0 Å². The normalized spacial score (nSPS) is 15.8. The van der Waals surface area contributed by atoms with Gasteiger partial charge in [0.05, 0.1) is 6.04 Å². The van der Waals surface area contributed by atoms with Gasteiger partial charge in [0.2, 0.25) is 5.91 Å². The maximum Gasteiger partial charge on any atom is 0.243 e. The molecule has 3 heteroatoms. The number of amides is 1. The fourth-order valence-electron chi connectivity index (χ4n) is 2.31. The second-order valence-corrected chi connectivity index (χ2v) is 4.62. The average Bonchev–Trinajstić information content (AvgIpc) is 2.78. The molecule has 0 spiro atoms. The van der Waals surface area contributed by atoms with Gasteiger partial charge in [0.25, 0.3) is 0 Å². The first-order valence-electron chi connectivity index (χ1n) is 6.39. The number of benzene rings is 1. The number of para-hydroxylation sites is 1. The number of nitrogens with zero attached hydrogens (tertiary/aromatic N) is 1. The Balaban J connectivity index is 2.07. The summed E-state index contributed by atoms with van der Waals surface area (Å²) in [4.78, 5) is 14.1. The highest BCUT2D eigenvalue weighted by molar-refractivity contribution is 5.98. The van der Waals surface area contributed by atoms with E-state index in [1.54, 1.807) is 0 Å². The summed E-state index contributed by atoms with van der Waals surface area (Å²) in [6.45, 7) is 2.89. The molecule has 0 radical (unpaired) electrons. The van der Waals surface area contributed by atoms with Gasteiger partial charge in [0.1, 0.15) is 0 Å². The molecule has 92 valence electrons. The number of anilines is 1. The lowest BCUT2D eigenvalue weighted by molar-refractivity contribution is -0.119. The zero-order chi connectivity index (χ0) is 12.3. The summed E-state index contributed by atoms with van der Waals surface area (Å²) >= 11 is 0. The summed E-state index contributed by atoms with van der Waals surface area (Å²) < 4.78 is 0. The first kappa shape index (κ1) is 12.1. The molecule has 0 unspecified atom stereocenters. The third-order valence-corrected chi connectivity index (χ3v) is 3.34. The van der Waals surface area contributed by atoms with Gasteiger partial charge in [-0.25, -0.2) is 0 Å². The molecule has 0 bridgehead atoms. The minimum absolute atomic E-state index is 0.0726. The van der Waals surface area contributed by atoms with Crippen LogP contribution in [0.1, 0.15) is 31.7 Å². The van der Waals surface area contributed by atoms with Crippen molar-refractivity contribution >= 4 is 11.6 Å². The summed E-state index contributed by atoms with van der Waals surface area (Å²) in [6.07, 6.45) is 3.83. The van der Waals surface area contributed by atoms with E-state index in [9.17, 15) is 4.79 Å². The Hall–Kier alpha value is -1.35. The van der Waals surface area contributed by atoms with E-state index in [1.165, 1.54) is 5.56 Å². The zero-order valence-electron chi connectivity index (χ0n) is 10.4. The van der Waals surface area contributed by atoms with Gasteiger partial charge in [-0.05, 0) is 24.5 Å². The number of fused-ring (bicyclic) bond motifs is 1. The highest BCUT2D eigenvalue weighted by Crippen LogP contribution is 2.28. The van der Waals surface area contributed by atoms with Crippen molar-refractivity contribution in [2.45, 2.75) is 38.6 Å². The molecule has 1 aliphatic rings. The number of rotatable bonds is 4. The molecule has 0 saturated heterocycles. The Morgan fingerprint density at radius 3 is 3.00 bits per heavy atom. The van der Waals surface area contributed by atoms with E-state index in [0.717, 1.165) is 37.9 Å². The van der Waals surface area contributed by atoms with Crippen molar-refractivity contribution in [1.82, 2.24) is 0 Å². The number of hydrogen-bond acceptors (Lipinski definition) is 2. The van der Waals surface area contributed by atoms with Crippen LogP contribution in [0.2, 0.25) is 0 Å². The second-order valence-electron chi connectivity index (χ2n) is 4.62. The van der Waals surface area contributed by atoms with Crippen LogP contribution in [-0.4, -0.2) is 18.5 Å². The number of carbonyl (C=O) groups excluding carboxylic acids is 1. The lowest BCUT2D eigenvalue weighted by Gasteiger charge is -2.21. The monoisotopic (exact) mass is 232 g/mol. The van der Waals surface area contributed by atoms with Gasteiger partial charge in [0.15, 0.2) is 0 Å². The minimum Gasteiger partial charge on any atom is -0.320 e. The van der Waals surface area contributed by atoms with Gasteiger partial charge in [-0.3, -0.25) is 4.79 Å². The molecule has 0 saturated carbocycles. The lowest BCUT2D eigenvalue weighted by Crippen LogP contribution is -2.43. The van der Waals surface area contributed by atoms with E-state index in [2.05, 4.69) is 13.0 Å². The summed E-state index contributed by atoms with van der Waals surface area (Å²) in [7, 11) is 0. The summed E-state index contributed by atoms with van der Waals surface area (Å²) in [5.74, 6) is 0.0726. The Bertz CT molecular complexity index is 403. The van der Waals surface area contributed by atoms with Crippen molar-refractivity contribution in [3.63, 3.8) is 0 Å². The van der Waals surface area contributed by atoms with E-state index >= 15 is 0 Å². The summed E-state index contributed by atoms with van der Waals surface area (Å²) in [6, 6.07) is 7.74. The van der Waals surface area contributed by atoms with Crippen LogP contribution in [0.3, 0.4) is 0 Å². The van der Waals surface area contributed by atoms with Crippen LogP contribution in [0.25, 0.3) is 0 Å². The minimum atomic E-state index is -0.346. The number of carbonyl (C=O) groups is 1. The number of unbranched alkanes of at least 4 members (excludes halogenated alkanes) is 1. The van der Waals surface area contributed by atoms with Crippen LogP contribution in [0.5, 0.6) is 0 Å². The standard InChI is InChI=1S/C14H20N2O/c1-2-3-7-12(15)14(17)16-10-9-11-6-4-5-8-13(11)16/h4-6,8,12H,2-3,7,9-10,15H2,1H3/t12-/m0/s1. The molecule has 1 amide bonds. The second kappa shape index (κ2) is 5.32. The van der Waals surface area contributed by atoms with E-state index in [4.69, 9.17) is 5.73 Å². The quantitative estimate of drug-likeness (QED) is 0.864.